The van der Waals surface area contributed by atoms with E-state index in [0.29, 0.717) is 12.5 Å². The summed E-state index contributed by atoms with van der Waals surface area (Å²) in [6.45, 7) is 2.49. The van der Waals surface area contributed by atoms with Crippen LogP contribution in [0.3, 0.4) is 0 Å². The van der Waals surface area contributed by atoms with E-state index in [0.717, 1.165) is 56.5 Å². The predicted molar refractivity (Wildman–Crippen MR) is 115 cm³/mol. The van der Waals surface area contributed by atoms with Gasteiger partial charge in [-0.05, 0) is 54.9 Å². The molecule has 0 unspecified atom stereocenters. The van der Waals surface area contributed by atoms with Crippen molar-refractivity contribution in [3.63, 3.8) is 0 Å². The van der Waals surface area contributed by atoms with E-state index >= 15 is 0 Å². The standard InChI is InChI=1S/C20H29N3O6S2/c1-30(24,25)21-5-8-31(26,27)23-6-2-3-15-12-22-7-4-14-9-19-20(29-13-28-19)10-16(14)18(22)11-17(15)23/h9-10,15,17-18,21H,2-8,11-13H2,1H3/t15-,17+,18-/m0/s1. The van der Waals surface area contributed by atoms with Gasteiger partial charge in [0, 0.05) is 38.3 Å². The topological polar surface area (TPSA) is 105 Å². The van der Waals surface area contributed by atoms with Crippen LogP contribution in [0.4, 0.5) is 0 Å². The molecular weight excluding hydrogens is 442 g/mol. The van der Waals surface area contributed by atoms with E-state index in [1.54, 1.807) is 4.31 Å². The normalized spacial score (nSPS) is 28.6. The van der Waals surface area contributed by atoms with Gasteiger partial charge in [0.05, 0.1) is 12.0 Å². The van der Waals surface area contributed by atoms with Crippen LogP contribution in [0.5, 0.6) is 11.5 Å². The summed E-state index contributed by atoms with van der Waals surface area (Å²) in [6.07, 6.45) is 4.61. The molecule has 1 aromatic rings. The second-order valence-electron chi connectivity index (χ2n) is 8.96. The number of sulfonamides is 2. The Labute approximate surface area is 183 Å². The molecule has 11 heteroatoms. The highest BCUT2D eigenvalue weighted by Gasteiger charge is 2.46. The average molecular weight is 472 g/mol. The highest BCUT2D eigenvalue weighted by molar-refractivity contribution is 7.89. The molecule has 0 spiro atoms. The fraction of sp³-hybridized carbons (Fsp3) is 0.700. The van der Waals surface area contributed by atoms with Gasteiger partial charge in [-0.2, -0.15) is 4.31 Å². The third-order valence-corrected chi connectivity index (χ3v) is 9.60. The van der Waals surface area contributed by atoms with E-state index in [1.165, 1.54) is 11.1 Å². The van der Waals surface area contributed by atoms with Crippen molar-refractivity contribution in [2.75, 3.05) is 45.0 Å². The Morgan fingerprint density at radius 2 is 1.90 bits per heavy atom. The van der Waals surface area contributed by atoms with E-state index in [9.17, 15) is 16.8 Å². The molecule has 0 aromatic heterocycles. The van der Waals surface area contributed by atoms with E-state index in [-0.39, 0.29) is 31.2 Å². The minimum absolute atomic E-state index is 0.0605. The lowest BCUT2D eigenvalue weighted by atomic mass is 9.77. The van der Waals surface area contributed by atoms with Crippen LogP contribution in [0.15, 0.2) is 12.1 Å². The Kier molecular flexibility index (Phi) is 5.45. The van der Waals surface area contributed by atoms with Gasteiger partial charge in [0.25, 0.3) is 0 Å². The zero-order valence-electron chi connectivity index (χ0n) is 17.6. The van der Waals surface area contributed by atoms with Gasteiger partial charge in [-0.1, -0.05) is 0 Å². The molecule has 2 saturated heterocycles. The number of fused-ring (bicyclic) bond motifs is 5. The third kappa shape index (κ3) is 4.18. The summed E-state index contributed by atoms with van der Waals surface area (Å²) in [5.74, 6) is 1.65. The minimum Gasteiger partial charge on any atom is -0.454 e. The first-order valence-electron chi connectivity index (χ1n) is 10.8. The van der Waals surface area contributed by atoms with Gasteiger partial charge < -0.3 is 9.47 Å². The zero-order valence-corrected chi connectivity index (χ0v) is 19.3. The van der Waals surface area contributed by atoms with Gasteiger partial charge >= 0.3 is 0 Å². The first kappa shape index (κ1) is 21.4. The summed E-state index contributed by atoms with van der Waals surface area (Å²) in [5, 5.41) is 0. The largest absolute Gasteiger partial charge is 0.454 e. The number of benzene rings is 1. The smallest absolute Gasteiger partial charge is 0.231 e. The summed E-state index contributed by atoms with van der Waals surface area (Å²) in [4.78, 5) is 2.49. The van der Waals surface area contributed by atoms with E-state index in [4.69, 9.17) is 9.47 Å². The van der Waals surface area contributed by atoms with Gasteiger partial charge in [-0.3, -0.25) is 4.90 Å². The Balaban J connectivity index is 1.38. The Hall–Kier alpha value is -1.40. The number of hydrogen-bond donors (Lipinski definition) is 1. The molecule has 31 heavy (non-hydrogen) atoms. The van der Waals surface area contributed by atoms with Crippen molar-refractivity contribution < 1.29 is 26.3 Å². The van der Waals surface area contributed by atoms with Gasteiger partial charge in [0.1, 0.15) is 0 Å². The SMILES string of the molecule is CS(=O)(=O)NCCS(=O)(=O)N1CCC[C@H]2CN3CCc4cc5c(cc4[C@@H]3C[C@H]21)OCO5. The molecule has 2 fully saturated rings. The third-order valence-electron chi connectivity index (χ3n) is 6.99. The van der Waals surface area contributed by atoms with Crippen molar-refractivity contribution in [3.8, 4) is 11.5 Å². The number of rotatable bonds is 5. The number of nitrogens with one attached hydrogen (secondary N) is 1. The van der Waals surface area contributed by atoms with Gasteiger partial charge in [-0.25, -0.2) is 21.6 Å². The minimum atomic E-state index is -3.56. The predicted octanol–water partition coefficient (Wildman–Crippen LogP) is 0.678. The summed E-state index contributed by atoms with van der Waals surface area (Å²) in [7, 11) is -6.97. The lowest BCUT2D eigenvalue weighted by Crippen LogP contribution is -2.58. The van der Waals surface area contributed by atoms with Crippen LogP contribution in [-0.4, -0.2) is 77.1 Å². The van der Waals surface area contributed by atoms with E-state index < -0.39 is 20.0 Å². The zero-order chi connectivity index (χ0) is 21.8. The van der Waals surface area contributed by atoms with Crippen molar-refractivity contribution in [1.29, 1.82) is 0 Å². The maximum absolute atomic E-state index is 13.1. The number of ether oxygens (including phenoxy) is 2. The van der Waals surface area contributed by atoms with Crippen molar-refractivity contribution in [3.05, 3.63) is 23.3 Å². The quantitative estimate of drug-likeness (QED) is 0.673. The average Bonchev–Trinajstić information content (AvgIpc) is 3.16. The molecule has 4 aliphatic heterocycles. The molecule has 4 aliphatic rings. The molecule has 0 saturated carbocycles. The second-order valence-corrected chi connectivity index (χ2v) is 12.8. The first-order valence-corrected chi connectivity index (χ1v) is 14.3. The van der Waals surface area contributed by atoms with Gasteiger partial charge in [0.2, 0.25) is 26.8 Å². The second kappa shape index (κ2) is 7.87. The lowest BCUT2D eigenvalue weighted by Gasteiger charge is -2.51. The molecule has 1 N–H and O–H groups in total. The van der Waals surface area contributed by atoms with Crippen LogP contribution in [0, 0.1) is 5.92 Å². The molecule has 0 amide bonds. The van der Waals surface area contributed by atoms with Crippen LogP contribution >= 0.6 is 0 Å². The first-order chi connectivity index (χ1) is 14.7. The molecule has 0 radical (unpaired) electrons. The monoisotopic (exact) mass is 471 g/mol. The molecule has 0 aliphatic carbocycles. The summed E-state index contributed by atoms with van der Waals surface area (Å²) < 4.78 is 64.0. The maximum Gasteiger partial charge on any atom is 0.231 e. The molecule has 172 valence electrons. The van der Waals surface area contributed by atoms with Crippen LogP contribution in [0.25, 0.3) is 0 Å². The summed E-state index contributed by atoms with van der Waals surface area (Å²) in [6, 6.07) is 4.25. The van der Waals surface area contributed by atoms with Crippen LogP contribution in [0.2, 0.25) is 0 Å². The van der Waals surface area contributed by atoms with Crippen LogP contribution < -0.4 is 14.2 Å². The molecule has 9 nitrogen and oxygen atoms in total. The van der Waals surface area contributed by atoms with Crippen LogP contribution in [-0.2, 0) is 26.5 Å². The van der Waals surface area contributed by atoms with E-state index in [1.807, 2.05) is 0 Å². The van der Waals surface area contributed by atoms with Crippen molar-refractivity contribution in [1.82, 2.24) is 13.9 Å². The van der Waals surface area contributed by atoms with Crippen molar-refractivity contribution >= 4 is 20.0 Å². The summed E-state index contributed by atoms with van der Waals surface area (Å²) >= 11 is 0. The molecule has 4 heterocycles. The summed E-state index contributed by atoms with van der Waals surface area (Å²) in [5.41, 5.74) is 2.47. The number of hydrogen-bond acceptors (Lipinski definition) is 7. The molecule has 5 rings (SSSR count). The van der Waals surface area contributed by atoms with E-state index in [2.05, 4.69) is 21.8 Å². The molecule has 3 atom stereocenters. The Morgan fingerprint density at radius 3 is 2.68 bits per heavy atom. The molecular formula is C20H29N3O6S2. The van der Waals surface area contributed by atoms with Crippen molar-refractivity contribution in [2.45, 2.75) is 37.8 Å². The fourth-order valence-corrected chi connectivity index (χ4v) is 7.89. The highest BCUT2D eigenvalue weighted by atomic mass is 32.2. The lowest BCUT2D eigenvalue weighted by molar-refractivity contribution is 0.0219. The fourth-order valence-electron chi connectivity index (χ4n) is 5.61. The molecule has 0 bridgehead atoms. The number of piperidine rings is 2. The highest BCUT2D eigenvalue weighted by Crippen LogP contribution is 2.46. The maximum atomic E-state index is 13.1. The Morgan fingerprint density at radius 1 is 1.13 bits per heavy atom. The van der Waals surface area contributed by atoms with Gasteiger partial charge in [-0.15, -0.1) is 0 Å². The Bertz CT molecular complexity index is 1070. The van der Waals surface area contributed by atoms with Crippen molar-refractivity contribution in [2.24, 2.45) is 5.92 Å². The molecule has 1 aromatic carbocycles. The number of nitrogens with zero attached hydrogens (tertiary/aromatic N) is 2. The van der Waals surface area contributed by atoms with Crippen LogP contribution in [0.1, 0.15) is 36.4 Å². The van der Waals surface area contributed by atoms with Gasteiger partial charge in [0.15, 0.2) is 11.5 Å².